The van der Waals surface area contributed by atoms with Crippen molar-refractivity contribution in [1.82, 2.24) is 4.90 Å². The lowest BCUT2D eigenvalue weighted by atomic mass is 10.1. The number of piperidine rings is 1. The van der Waals surface area contributed by atoms with Gasteiger partial charge in [0, 0.05) is 13.1 Å². The van der Waals surface area contributed by atoms with Gasteiger partial charge in [-0.1, -0.05) is 20.8 Å². The first kappa shape index (κ1) is 11.9. The van der Waals surface area contributed by atoms with Crippen molar-refractivity contribution in [2.45, 2.75) is 46.2 Å². The van der Waals surface area contributed by atoms with Crippen LogP contribution in [-0.2, 0) is 0 Å². The Morgan fingerprint density at radius 3 is 2.17 bits per heavy atom. The third-order valence-electron chi connectivity index (χ3n) is 2.06. The predicted octanol–water partition coefficient (Wildman–Crippen LogP) is 2.86. The van der Waals surface area contributed by atoms with E-state index in [1.807, 2.05) is 13.8 Å². The quantitative estimate of drug-likeness (QED) is 0.624. The molecule has 0 unspecified atom stereocenters. The first-order chi connectivity index (χ1) is 5.83. The van der Waals surface area contributed by atoms with E-state index in [0.29, 0.717) is 0 Å². The normalized spacial score (nSPS) is 20.0. The average Bonchev–Trinajstić information content (AvgIpc) is 2.13. The largest absolute Gasteiger partial charge is 0.303 e. The van der Waals surface area contributed by atoms with Crippen molar-refractivity contribution in [2.24, 2.45) is 0 Å². The second-order valence-corrected chi connectivity index (χ2v) is 3.02. The first-order valence-electron chi connectivity index (χ1n) is 5.19. The zero-order valence-electron chi connectivity index (χ0n) is 8.65. The van der Waals surface area contributed by atoms with Crippen molar-refractivity contribution < 1.29 is 4.39 Å². The van der Waals surface area contributed by atoms with Gasteiger partial charge in [-0.3, -0.25) is 0 Å². The fourth-order valence-electron chi connectivity index (χ4n) is 1.44. The molecule has 0 N–H and O–H groups in total. The fraction of sp³-hybridized carbons (Fsp3) is 1.00. The number of likely N-dealkylation sites (tertiary alicyclic amines) is 1. The summed E-state index contributed by atoms with van der Waals surface area (Å²) in [6.07, 6.45) is 2.17. The highest BCUT2D eigenvalue weighted by Crippen LogP contribution is 2.12. The van der Waals surface area contributed by atoms with Gasteiger partial charge in [-0.05, 0) is 25.8 Å². The molecule has 0 aliphatic carbocycles. The molecule has 0 amide bonds. The van der Waals surface area contributed by atoms with Crippen LogP contribution in [0.15, 0.2) is 0 Å². The molecule has 0 saturated carbocycles. The van der Waals surface area contributed by atoms with Gasteiger partial charge in [0.25, 0.3) is 0 Å². The van der Waals surface area contributed by atoms with E-state index in [0.717, 1.165) is 32.5 Å². The SMILES string of the molecule is CC.CCCN1CCC(F)CC1. The summed E-state index contributed by atoms with van der Waals surface area (Å²) in [5, 5.41) is 0. The van der Waals surface area contributed by atoms with Gasteiger partial charge in [-0.2, -0.15) is 0 Å². The number of nitrogens with zero attached hydrogens (tertiary/aromatic N) is 1. The molecule has 0 aromatic carbocycles. The van der Waals surface area contributed by atoms with Crippen LogP contribution in [0, 0.1) is 0 Å². The molecular weight excluding hydrogens is 153 g/mol. The van der Waals surface area contributed by atoms with E-state index in [9.17, 15) is 4.39 Å². The third kappa shape index (κ3) is 4.70. The molecule has 74 valence electrons. The van der Waals surface area contributed by atoms with Crippen LogP contribution in [0.4, 0.5) is 4.39 Å². The van der Waals surface area contributed by atoms with Gasteiger partial charge in [0.15, 0.2) is 0 Å². The summed E-state index contributed by atoms with van der Waals surface area (Å²) in [7, 11) is 0. The molecule has 1 aliphatic rings. The molecule has 1 fully saturated rings. The summed E-state index contributed by atoms with van der Waals surface area (Å²) in [6, 6.07) is 0. The lowest BCUT2D eigenvalue weighted by Crippen LogP contribution is -2.34. The molecule has 0 aromatic rings. The van der Waals surface area contributed by atoms with Gasteiger partial charge in [-0.15, -0.1) is 0 Å². The lowest BCUT2D eigenvalue weighted by Gasteiger charge is -2.27. The van der Waals surface area contributed by atoms with Crippen molar-refractivity contribution in [1.29, 1.82) is 0 Å². The highest BCUT2D eigenvalue weighted by atomic mass is 19.1. The standard InChI is InChI=1S/C8H16FN.C2H6/c1-2-5-10-6-3-8(9)4-7-10;1-2/h8H,2-7H2,1H3;1-2H3. The summed E-state index contributed by atoms with van der Waals surface area (Å²) in [6.45, 7) is 9.25. The Morgan fingerprint density at radius 2 is 1.75 bits per heavy atom. The summed E-state index contributed by atoms with van der Waals surface area (Å²) in [4.78, 5) is 2.34. The van der Waals surface area contributed by atoms with Crippen LogP contribution in [0.25, 0.3) is 0 Å². The molecule has 2 heteroatoms. The van der Waals surface area contributed by atoms with Crippen LogP contribution in [0.3, 0.4) is 0 Å². The van der Waals surface area contributed by atoms with E-state index in [-0.39, 0.29) is 0 Å². The molecule has 0 radical (unpaired) electrons. The van der Waals surface area contributed by atoms with Crippen LogP contribution in [0.2, 0.25) is 0 Å². The Hall–Kier alpha value is -0.110. The van der Waals surface area contributed by atoms with Crippen LogP contribution >= 0.6 is 0 Å². The van der Waals surface area contributed by atoms with Crippen LogP contribution < -0.4 is 0 Å². The van der Waals surface area contributed by atoms with E-state index in [1.54, 1.807) is 0 Å². The minimum absolute atomic E-state index is 0.520. The second kappa shape index (κ2) is 7.53. The van der Waals surface area contributed by atoms with Gasteiger partial charge in [0.2, 0.25) is 0 Å². The smallest absolute Gasteiger partial charge is 0.103 e. The Morgan fingerprint density at radius 1 is 1.25 bits per heavy atom. The van der Waals surface area contributed by atoms with Gasteiger partial charge in [0.1, 0.15) is 6.17 Å². The maximum absolute atomic E-state index is 12.6. The number of hydrogen-bond donors (Lipinski definition) is 0. The summed E-state index contributed by atoms with van der Waals surface area (Å²) in [5.74, 6) is 0. The van der Waals surface area contributed by atoms with Gasteiger partial charge in [-0.25, -0.2) is 4.39 Å². The number of halogens is 1. The molecule has 1 aliphatic heterocycles. The van der Waals surface area contributed by atoms with E-state index >= 15 is 0 Å². The zero-order chi connectivity index (χ0) is 9.40. The number of rotatable bonds is 2. The average molecular weight is 175 g/mol. The molecule has 1 rings (SSSR count). The van der Waals surface area contributed by atoms with Crippen molar-refractivity contribution in [3.05, 3.63) is 0 Å². The number of hydrogen-bond acceptors (Lipinski definition) is 1. The van der Waals surface area contributed by atoms with Crippen LogP contribution in [-0.4, -0.2) is 30.7 Å². The molecule has 1 saturated heterocycles. The molecule has 1 nitrogen and oxygen atoms in total. The van der Waals surface area contributed by atoms with Gasteiger partial charge < -0.3 is 4.90 Å². The highest BCUT2D eigenvalue weighted by Gasteiger charge is 2.16. The zero-order valence-corrected chi connectivity index (χ0v) is 8.65. The summed E-state index contributed by atoms with van der Waals surface area (Å²) in [5.41, 5.74) is 0. The Balaban J connectivity index is 0.000000561. The summed E-state index contributed by atoms with van der Waals surface area (Å²) >= 11 is 0. The monoisotopic (exact) mass is 175 g/mol. The molecule has 0 aromatic heterocycles. The Kier molecular flexibility index (Phi) is 7.47. The predicted molar refractivity (Wildman–Crippen MR) is 52.2 cm³/mol. The molecule has 12 heavy (non-hydrogen) atoms. The molecule has 0 atom stereocenters. The molecule has 0 bridgehead atoms. The fourth-order valence-corrected chi connectivity index (χ4v) is 1.44. The Bertz CT molecular complexity index is 87.8. The van der Waals surface area contributed by atoms with E-state index in [1.165, 1.54) is 6.42 Å². The van der Waals surface area contributed by atoms with Gasteiger partial charge in [0.05, 0.1) is 0 Å². The van der Waals surface area contributed by atoms with Crippen LogP contribution in [0.5, 0.6) is 0 Å². The number of alkyl halides is 1. The maximum atomic E-state index is 12.6. The van der Waals surface area contributed by atoms with E-state index < -0.39 is 6.17 Å². The first-order valence-corrected chi connectivity index (χ1v) is 5.19. The maximum Gasteiger partial charge on any atom is 0.103 e. The van der Waals surface area contributed by atoms with Crippen molar-refractivity contribution in [3.8, 4) is 0 Å². The molecular formula is C10H22FN. The minimum atomic E-state index is -0.520. The van der Waals surface area contributed by atoms with E-state index in [2.05, 4.69) is 11.8 Å². The van der Waals surface area contributed by atoms with Crippen molar-refractivity contribution in [2.75, 3.05) is 19.6 Å². The third-order valence-corrected chi connectivity index (χ3v) is 2.06. The van der Waals surface area contributed by atoms with Crippen LogP contribution in [0.1, 0.15) is 40.0 Å². The van der Waals surface area contributed by atoms with E-state index in [4.69, 9.17) is 0 Å². The van der Waals surface area contributed by atoms with Crippen molar-refractivity contribution >= 4 is 0 Å². The Labute approximate surface area is 75.9 Å². The highest BCUT2D eigenvalue weighted by molar-refractivity contribution is 4.70. The summed E-state index contributed by atoms with van der Waals surface area (Å²) < 4.78 is 12.6. The van der Waals surface area contributed by atoms with Gasteiger partial charge >= 0.3 is 0 Å². The molecule has 1 heterocycles. The molecule has 0 spiro atoms. The lowest BCUT2D eigenvalue weighted by molar-refractivity contribution is 0.151. The topological polar surface area (TPSA) is 3.24 Å². The minimum Gasteiger partial charge on any atom is -0.303 e. The second-order valence-electron chi connectivity index (χ2n) is 3.02. The van der Waals surface area contributed by atoms with Crippen molar-refractivity contribution in [3.63, 3.8) is 0 Å².